The first-order valence-corrected chi connectivity index (χ1v) is 10.5. The van der Waals surface area contributed by atoms with E-state index in [1.165, 1.54) is 5.56 Å². The lowest BCUT2D eigenvalue weighted by atomic mass is 10.1. The van der Waals surface area contributed by atoms with Crippen molar-refractivity contribution in [3.63, 3.8) is 0 Å². The molecular weight excluding hydrogens is 334 g/mol. The third-order valence-electron chi connectivity index (χ3n) is 4.43. The molecule has 0 bridgehead atoms. The Morgan fingerprint density at radius 1 is 1.39 bits per heavy atom. The summed E-state index contributed by atoms with van der Waals surface area (Å²) in [5.74, 6) is 0.243. The third kappa shape index (κ3) is 3.87. The Morgan fingerprint density at radius 2 is 2.22 bits per heavy atom. The van der Waals surface area contributed by atoms with Crippen molar-refractivity contribution in [1.29, 1.82) is 0 Å². The topological polar surface area (TPSA) is 69.7 Å². The molecular formula is C15H23N3O3S2. The minimum Gasteiger partial charge on any atom is -0.333 e. The smallest absolute Gasteiger partial charge is 0.317 e. The fraction of sp³-hybridized carbons (Fsp3) is 0.667. The van der Waals surface area contributed by atoms with Gasteiger partial charge in [-0.15, -0.1) is 11.3 Å². The van der Waals surface area contributed by atoms with Crippen LogP contribution in [-0.4, -0.2) is 55.1 Å². The first-order chi connectivity index (χ1) is 11.0. The molecule has 0 aromatic carbocycles. The van der Waals surface area contributed by atoms with Crippen LogP contribution in [0.1, 0.15) is 29.7 Å². The zero-order valence-electron chi connectivity index (χ0n) is 13.3. The van der Waals surface area contributed by atoms with E-state index < -0.39 is 10.0 Å². The Kier molecular flexibility index (Phi) is 4.93. The molecule has 0 aliphatic carbocycles. The Morgan fingerprint density at radius 3 is 2.87 bits per heavy atom. The Balaban J connectivity index is 1.56. The molecule has 2 aliphatic rings. The molecule has 0 radical (unpaired) electrons. The van der Waals surface area contributed by atoms with Crippen LogP contribution in [-0.2, 0) is 16.6 Å². The number of hydrogen-bond acceptors (Lipinski definition) is 4. The molecule has 3 rings (SSSR count). The SMILES string of the molecule is Cc1csc(CNC(=O)N2CCCC(N3CCCS3(=O)=O)C2)c1. The van der Waals surface area contributed by atoms with E-state index in [-0.39, 0.29) is 17.8 Å². The highest BCUT2D eigenvalue weighted by Gasteiger charge is 2.37. The molecule has 2 aliphatic heterocycles. The summed E-state index contributed by atoms with van der Waals surface area (Å²) in [5, 5.41) is 5.01. The second-order valence-corrected chi connectivity index (χ2v) is 9.31. The van der Waals surface area contributed by atoms with Crippen LogP contribution in [0.3, 0.4) is 0 Å². The van der Waals surface area contributed by atoms with E-state index in [0.717, 1.165) is 17.7 Å². The number of nitrogens with zero attached hydrogens (tertiary/aromatic N) is 2. The average molecular weight is 358 g/mol. The van der Waals surface area contributed by atoms with Crippen molar-refractivity contribution in [3.05, 3.63) is 21.9 Å². The molecule has 1 atom stereocenters. The van der Waals surface area contributed by atoms with Crippen molar-refractivity contribution >= 4 is 27.4 Å². The maximum absolute atomic E-state index is 12.4. The number of urea groups is 1. The number of thiophene rings is 1. The Labute approximate surface area is 141 Å². The van der Waals surface area contributed by atoms with Crippen molar-refractivity contribution in [2.24, 2.45) is 0 Å². The number of sulfonamides is 1. The fourth-order valence-corrected chi connectivity index (χ4v) is 5.88. The van der Waals surface area contributed by atoms with Crippen LogP contribution in [0, 0.1) is 6.92 Å². The predicted octanol–water partition coefficient (Wildman–Crippen LogP) is 1.77. The van der Waals surface area contributed by atoms with Gasteiger partial charge < -0.3 is 10.2 Å². The van der Waals surface area contributed by atoms with Crippen LogP contribution in [0.5, 0.6) is 0 Å². The van der Waals surface area contributed by atoms with Gasteiger partial charge in [0.1, 0.15) is 0 Å². The highest BCUT2D eigenvalue weighted by atomic mass is 32.2. The summed E-state index contributed by atoms with van der Waals surface area (Å²) in [7, 11) is -3.11. The van der Waals surface area contributed by atoms with E-state index in [9.17, 15) is 13.2 Å². The van der Waals surface area contributed by atoms with Gasteiger partial charge in [0.05, 0.1) is 12.3 Å². The number of carbonyl (C=O) groups is 1. The molecule has 23 heavy (non-hydrogen) atoms. The Hall–Kier alpha value is -1.12. The molecule has 2 amide bonds. The number of nitrogens with one attached hydrogen (secondary N) is 1. The minimum absolute atomic E-state index is 0.0639. The van der Waals surface area contributed by atoms with E-state index in [1.54, 1.807) is 20.5 Å². The summed E-state index contributed by atoms with van der Waals surface area (Å²) in [5.41, 5.74) is 1.21. The molecule has 0 spiro atoms. The van der Waals surface area contributed by atoms with E-state index in [1.807, 2.05) is 6.92 Å². The predicted molar refractivity (Wildman–Crippen MR) is 91.0 cm³/mol. The minimum atomic E-state index is -3.11. The van der Waals surface area contributed by atoms with Gasteiger partial charge in [-0.05, 0) is 43.2 Å². The number of likely N-dealkylation sites (tertiary alicyclic amines) is 1. The van der Waals surface area contributed by atoms with E-state index in [2.05, 4.69) is 16.8 Å². The standard InChI is InChI=1S/C15H23N3O3S2/c1-12-8-14(22-11-12)9-16-15(19)17-5-2-4-13(10-17)18-6-3-7-23(18,20)21/h8,11,13H,2-7,9-10H2,1H3,(H,16,19). The summed E-state index contributed by atoms with van der Waals surface area (Å²) in [6.07, 6.45) is 2.39. The molecule has 6 nitrogen and oxygen atoms in total. The summed E-state index contributed by atoms with van der Waals surface area (Å²) in [4.78, 5) is 15.2. The highest BCUT2D eigenvalue weighted by molar-refractivity contribution is 7.89. The van der Waals surface area contributed by atoms with E-state index >= 15 is 0 Å². The summed E-state index contributed by atoms with van der Waals surface area (Å²) in [6.45, 7) is 4.35. The summed E-state index contributed by atoms with van der Waals surface area (Å²) < 4.78 is 25.7. The lowest BCUT2D eigenvalue weighted by Gasteiger charge is -2.36. The lowest BCUT2D eigenvalue weighted by molar-refractivity contribution is 0.153. The van der Waals surface area contributed by atoms with Gasteiger partial charge >= 0.3 is 6.03 Å². The molecule has 8 heteroatoms. The van der Waals surface area contributed by atoms with Gasteiger partial charge in [-0.25, -0.2) is 13.2 Å². The maximum atomic E-state index is 12.4. The van der Waals surface area contributed by atoms with Crippen LogP contribution < -0.4 is 5.32 Å². The van der Waals surface area contributed by atoms with Gasteiger partial charge in [0.25, 0.3) is 0 Å². The number of rotatable bonds is 3. The second-order valence-electron chi connectivity index (χ2n) is 6.27. The fourth-order valence-electron chi connectivity index (χ4n) is 3.30. The van der Waals surface area contributed by atoms with Crippen LogP contribution in [0.15, 0.2) is 11.4 Å². The highest BCUT2D eigenvalue weighted by Crippen LogP contribution is 2.24. The molecule has 1 N–H and O–H groups in total. The lowest BCUT2D eigenvalue weighted by Crippen LogP contribution is -2.52. The number of aryl methyl sites for hydroxylation is 1. The first kappa shape index (κ1) is 16.7. The number of carbonyl (C=O) groups excluding carboxylic acids is 1. The maximum Gasteiger partial charge on any atom is 0.317 e. The van der Waals surface area contributed by atoms with Crippen molar-refractivity contribution < 1.29 is 13.2 Å². The third-order valence-corrected chi connectivity index (χ3v) is 7.48. The molecule has 1 aromatic heterocycles. The van der Waals surface area contributed by atoms with Crippen LogP contribution >= 0.6 is 11.3 Å². The monoisotopic (exact) mass is 357 g/mol. The Bertz CT molecular complexity index is 671. The van der Waals surface area contributed by atoms with Crippen LogP contribution in [0.2, 0.25) is 0 Å². The molecule has 3 heterocycles. The van der Waals surface area contributed by atoms with Crippen molar-refractivity contribution in [2.75, 3.05) is 25.4 Å². The van der Waals surface area contributed by atoms with Gasteiger partial charge in [-0.1, -0.05) is 0 Å². The molecule has 128 valence electrons. The quantitative estimate of drug-likeness (QED) is 0.896. The van der Waals surface area contributed by atoms with E-state index in [4.69, 9.17) is 0 Å². The van der Waals surface area contributed by atoms with Crippen molar-refractivity contribution in [2.45, 2.75) is 38.8 Å². The molecule has 2 fully saturated rings. The second kappa shape index (κ2) is 6.78. The van der Waals surface area contributed by atoms with Gasteiger partial charge in [-0.3, -0.25) is 0 Å². The van der Waals surface area contributed by atoms with Crippen molar-refractivity contribution in [3.8, 4) is 0 Å². The zero-order chi connectivity index (χ0) is 16.4. The molecule has 0 saturated carbocycles. The number of amides is 2. The molecule has 1 aromatic rings. The number of piperidine rings is 1. The zero-order valence-corrected chi connectivity index (χ0v) is 15.0. The summed E-state index contributed by atoms with van der Waals surface area (Å²) in [6, 6.07) is 1.91. The van der Waals surface area contributed by atoms with Crippen LogP contribution in [0.4, 0.5) is 4.79 Å². The first-order valence-electron chi connectivity index (χ1n) is 8.02. The van der Waals surface area contributed by atoms with Crippen molar-refractivity contribution in [1.82, 2.24) is 14.5 Å². The van der Waals surface area contributed by atoms with E-state index in [0.29, 0.717) is 32.6 Å². The largest absolute Gasteiger partial charge is 0.333 e. The summed E-state index contributed by atoms with van der Waals surface area (Å²) >= 11 is 1.64. The normalized spacial score (nSPS) is 24.7. The number of hydrogen-bond donors (Lipinski definition) is 1. The van der Waals surface area contributed by atoms with Gasteiger partial charge in [0.15, 0.2) is 0 Å². The average Bonchev–Trinajstić information content (AvgIpc) is 3.10. The van der Waals surface area contributed by atoms with Gasteiger partial charge in [0, 0.05) is 30.6 Å². The van der Waals surface area contributed by atoms with Crippen LogP contribution in [0.25, 0.3) is 0 Å². The van der Waals surface area contributed by atoms with Gasteiger partial charge in [0.2, 0.25) is 10.0 Å². The van der Waals surface area contributed by atoms with Gasteiger partial charge in [-0.2, -0.15) is 4.31 Å². The molecule has 2 saturated heterocycles. The molecule has 1 unspecified atom stereocenters.